The van der Waals surface area contributed by atoms with Crippen LogP contribution in [0.3, 0.4) is 0 Å². The SMILES string of the molecule is CCOc1ccc(NC(=O)CN2C(=O)N[C@@](C)(c3ccc4c(c3)OCCCO4)C2=O)cc1OCC. The quantitative estimate of drug-likeness (QED) is 0.555. The van der Waals surface area contributed by atoms with E-state index in [4.69, 9.17) is 18.9 Å². The lowest BCUT2D eigenvalue weighted by atomic mass is 9.91. The van der Waals surface area contributed by atoms with Crippen molar-refractivity contribution < 1.29 is 33.3 Å². The molecule has 1 fully saturated rings. The number of rotatable bonds is 8. The Morgan fingerprint density at radius 3 is 2.49 bits per heavy atom. The average Bonchev–Trinajstić information content (AvgIpc) is 2.99. The first-order chi connectivity index (χ1) is 16.9. The highest BCUT2D eigenvalue weighted by molar-refractivity contribution is 6.10. The van der Waals surface area contributed by atoms with Gasteiger partial charge in [-0.15, -0.1) is 0 Å². The largest absolute Gasteiger partial charge is 0.490 e. The second-order valence-corrected chi connectivity index (χ2v) is 8.23. The number of hydrogen-bond acceptors (Lipinski definition) is 7. The van der Waals surface area contributed by atoms with Crippen LogP contribution in [0.4, 0.5) is 10.5 Å². The summed E-state index contributed by atoms with van der Waals surface area (Å²) in [5, 5.41) is 5.42. The third kappa shape index (κ3) is 4.96. The van der Waals surface area contributed by atoms with E-state index < -0.39 is 29.9 Å². The Kier molecular flexibility index (Phi) is 6.99. The van der Waals surface area contributed by atoms with Crippen LogP contribution in [-0.2, 0) is 15.1 Å². The van der Waals surface area contributed by atoms with Crippen molar-refractivity contribution >= 4 is 23.5 Å². The van der Waals surface area contributed by atoms with Gasteiger partial charge in [-0.05, 0) is 50.6 Å². The number of urea groups is 1. The van der Waals surface area contributed by atoms with E-state index in [2.05, 4.69) is 10.6 Å². The molecule has 4 rings (SSSR count). The Morgan fingerprint density at radius 2 is 1.74 bits per heavy atom. The van der Waals surface area contributed by atoms with E-state index in [1.807, 2.05) is 13.8 Å². The van der Waals surface area contributed by atoms with E-state index in [9.17, 15) is 14.4 Å². The zero-order valence-electron chi connectivity index (χ0n) is 20.0. The van der Waals surface area contributed by atoms with Crippen LogP contribution in [-0.4, -0.2) is 55.7 Å². The molecule has 2 aromatic rings. The molecular formula is C25H29N3O7. The molecule has 0 bridgehead atoms. The Hall–Kier alpha value is -3.95. The van der Waals surface area contributed by atoms with Crippen LogP contribution < -0.4 is 29.6 Å². The van der Waals surface area contributed by atoms with Gasteiger partial charge in [-0.2, -0.15) is 0 Å². The van der Waals surface area contributed by atoms with Gasteiger partial charge < -0.3 is 29.6 Å². The topological polar surface area (TPSA) is 115 Å². The van der Waals surface area contributed by atoms with Crippen LogP contribution >= 0.6 is 0 Å². The lowest BCUT2D eigenvalue weighted by molar-refractivity contribution is -0.133. The molecule has 0 aliphatic carbocycles. The molecule has 4 amide bonds. The van der Waals surface area contributed by atoms with Crippen LogP contribution in [0.1, 0.15) is 32.8 Å². The van der Waals surface area contributed by atoms with E-state index in [-0.39, 0.29) is 0 Å². The zero-order chi connectivity index (χ0) is 25.0. The number of nitrogens with zero attached hydrogens (tertiary/aromatic N) is 1. The number of fused-ring (bicyclic) bond motifs is 1. The predicted octanol–water partition coefficient (Wildman–Crippen LogP) is 3.05. The first kappa shape index (κ1) is 24.2. The molecule has 0 unspecified atom stereocenters. The summed E-state index contributed by atoms with van der Waals surface area (Å²) in [6.07, 6.45) is 0.750. The predicted molar refractivity (Wildman–Crippen MR) is 127 cm³/mol. The van der Waals surface area contributed by atoms with Crippen molar-refractivity contribution in [1.82, 2.24) is 10.2 Å². The van der Waals surface area contributed by atoms with Crippen molar-refractivity contribution in [3.8, 4) is 23.0 Å². The van der Waals surface area contributed by atoms with Crippen LogP contribution in [0.5, 0.6) is 23.0 Å². The minimum atomic E-state index is -1.34. The summed E-state index contributed by atoms with van der Waals surface area (Å²) in [5.41, 5.74) is -0.348. The molecule has 10 nitrogen and oxygen atoms in total. The molecule has 2 N–H and O–H groups in total. The molecule has 0 spiro atoms. The normalized spacial score (nSPS) is 19.1. The zero-order valence-corrected chi connectivity index (χ0v) is 20.0. The summed E-state index contributed by atoms with van der Waals surface area (Å²) < 4.78 is 22.5. The van der Waals surface area contributed by atoms with E-state index in [0.29, 0.717) is 60.7 Å². The second kappa shape index (κ2) is 10.1. The number of imide groups is 1. The molecule has 0 aromatic heterocycles. The third-order valence-electron chi connectivity index (χ3n) is 5.73. The fourth-order valence-electron chi connectivity index (χ4n) is 3.98. The molecule has 10 heteroatoms. The third-order valence-corrected chi connectivity index (χ3v) is 5.73. The van der Waals surface area contributed by atoms with Crippen molar-refractivity contribution in [3.63, 3.8) is 0 Å². The highest BCUT2D eigenvalue weighted by Crippen LogP contribution is 2.37. The van der Waals surface area contributed by atoms with Gasteiger partial charge in [-0.1, -0.05) is 6.07 Å². The van der Waals surface area contributed by atoms with Gasteiger partial charge in [0.05, 0.1) is 26.4 Å². The molecule has 1 saturated heterocycles. The summed E-state index contributed by atoms with van der Waals surface area (Å²) in [4.78, 5) is 39.6. The van der Waals surface area contributed by atoms with Crippen LogP contribution in [0.15, 0.2) is 36.4 Å². The Labute approximate surface area is 203 Å². The molecule has 2 heterocycles. The molecule has 0 saturated carbocycles. The second-order valence-electron chi connectivity index (χ2n) is 8.23. The standard InChI is InChI=1S/C25H29N3O7/c1-4-32-18-10-8-17(14-21(18)33-5-2)26-22(29)15-28-23(30)25(3,27-24(28)31)16-7-9-19-20(13-16)35-12-6-11-34-19/h7-10,13-14H,4-6,11-12,15H2,1-3H3,(H,26,29)(H,27,31)/t25-/m0/s1. The molecule has 35 heavy (non-hydrogen) atoms. The number of ether oxygens (including phenoxy) is 4. The molecule has 0 radical (unpaired) electrons. The number of amides is 4. The molecule has 2 aliphatic heterocycles. The van der Waals surface area contributed by atoms with Crippen LogP contribution in [0.2, 0.25) is 0 Å². The van der Waals surface area contributed by atoms with Gasteiger partial charge in [0.2, 0.25) is 5.91 Å². The van der Waals surface area contributed by atoms with E-state index >= 15 is 0 Å². The van der Waals surface area contributed by atoms with Crippen molar-refractivity contribution in [3.05, 3.63) is 42.0 Å². The summed E-state index contributed by atoms with van der Waals surface area (Å²) >= 11 is 0. The Morgan fingerprint density at radius 1 is 1.03 bits per heavy atom. The number of carbonyl (C=O) groups excluding carboxylic acids is 3. The van der Waals surface area contributed by atoms with Gasteiger partial charge in [0.25, 0.3) is 5.91 Å². The summed E-state index contributed by atoms with van der Waals surface area (Å²) in [6.45, 7) is 6.81. The lowest BCUT2D eigenvalue weighted by Gasteiger charge is -2.23. The van der Waals surface area contributed by atoms with E-state index in [1.54, 1.807) is 43.3 Å². The van der Waals surface area contributed by atoms with Gasteiger partial charge in [0.15, 0.2) is 23.0 Å². The maximum absolute atomic E-state index is 13.3. The fourth-order valence-corrected chi connectivity index (χ4v) is 3.98. The lowest BCUT2D eigenvalue weighted by Crippen LogP contribution is -2.42. The monoisotopic (exact) mass is 483 g/mol. The number of hydrogen-bond donors (Lipinski definition) is 2. The van der Waals surface area contributed by atoms with Crippen molar-refractivity contribution in [2.24, 2.45) is 0 Å². The van der Waals surface area contributed by atoms with Crippen LogP contribution in [0, 0.1) is 0 Å². The summed E-state index contributed by atoms with van der Waals surface area (Å²) in [5.74, 6) is 1.10. The van der Waals surface area contributed by atoms with Gasteiger partial charge in [-0.25, -0.2) is 4.79 Å². The number of nitrogens with one attached hydrogen (secondary N) is 2. The minimum absolute atomic E-state index is 0.429. The van der Waals surface area contributed by atoms with Gasteiger partial charge in [-0.3, -0.25) is 14.5 Å². The van der Waals surface area contributed by atoms with E-state index in [0.717, 1.165) is 11.3 Å². The van der Waals surface area contributed by atoms with Gasteiger partial charge in [0.1, 0.15) is 12.1 Å². The molecular weight excluding hydrogens is 454 g/mol. The smallest absolute Gasteiger partial charge is 0.325 e. The first-order valence-corrected chi connectivity index (χ1v) is 11.6. The summed E-state index contributed by atoms with van der Waals surface area (Å²) in [6, 6.07) is 9.47. The Bertz CT molecular complexity index is 1140. The average molecular weight is 484 g/mol. The maximum atomic E-state index is 13.3. The first-order valence-electron chi connectivity index (χ1n) is 11.6. The number of carbonyl (C=O) groups is 3. The molecule has 186 valence electrons. The van der Waals surface area contributed by atoms with Crippen molar-refractivity contribution in [2.75, 3.05) is 38.3 Å². The van der Waals surface area contributed by atoms with E-state index in [1.165, 1.54) is 0 Å². The maximum Gasteiger partial charge on any atom is 0.325 e. The highest BCUT2D eigenvalue weighted by atomic mass is 16.5. The van der Waals surface area contributed by atoms with Crippen molar-refractivity contribution in [1.29, 1.82) is 0 Å². The van der Waals surface area contributed by atoms with Gasteiger partial charge >= 0.3 is 6.03 Å². The van der Waals surface area contributed by atoms with Gasteiger partial charge in [0, 0.05) is 18.2 Å². The van der Waals surface area contributed by atoms with Crippen molar-refractivity contribution in [2.45, 2.75) is 32.7 Å². The minimum Gasteiger partial charge on any atom is -0.490 e. The summed E-state index contributed by atoms with van der Waals surface area (Å²) in [7, 11) is 0. The Balaban J connectivity index is 1.47. The molecule has 2 aromatic carbocycles. The molecule has 2 aliphatic rings. The van der Waals surface area contributed by atoms with Crippen LogP contribution in [0.25, 0.3) is 0 Å². The highest BCUT2D eigenvalue weighted by Gasteiger charge is 2.49. The number of benzene rings is 2. The number of anilines is 1. The fraction of sp³-hybridized carbons (Fsp3) is 0.400. The molecule has 1 atom stereocenters.